The van der Waals surface area contributed by atoms with E-state index in [1.54, 1.807) is 0 Å². The maximum absolute atomic E-state index is 13.8. The third-order valence-corrected chi connectivity index (χ3v) is 15.6. The van der Waals surface area contributed by atoms with Gasteiger partial charge in [0, 0.05) is 77.9 Å². The quantitative estimate of drug-likeness (QED) is 0.165. The minimum atomic E-state index is -0.302. The van der Waals surface area contributed by atoms with Gasteiger partial charge < -0.3 is 23.2 Å². The van der Waals surface area contributed by atoms with Gasteiger partial charge in [0.1, 0.15) is 11.2 Å². The molecule has 0 saturated carbocycles. The van der Waals surface area contributed by atoms with E-state index >= 15 is 0 Å². The van der Waals surface area contributed by atoms with Gasteiger partial charge in [-0.1, -0.05) is 104 Å². The standard InChI is InChI=1S/C55H57N3O4/c1-52(2)20-24-57-26-22-54(5,6)44-46(57)40(52)30-36-28-38(50(59)61-48(36)44)32-10-14-34(15-11-32)42-18-19-43(56(42)9)35-16-12-33(13-17-35)39-29-37-31-41-47-45(49(37)62-51(39)60)55(7,8)23-27-58(47)25-21-53(41,3)4/h10-19,28-31H,20-27H2,1-9H3. The Balaban J connectivity index is 0.901. The SMILES string of the molecule is Cn1c(-c2ccc(-c3cc4cc5c6c(c4oc3=O)C(C)(C)CCN6CCC5(C)C)cc2)ccc1-c1ccc(-c2cc3cc4c5c(c3oc2=O)C(C)(C)CCN5CCC4(C)C)cc1. The van der Waals surface area contributed by atoms with Gasteiger partial charge in [-0.25, -0.2) is 9.59 Å². The Morgan fingerprint density at radius 3 is 1.16 bits per heavy atom. The maximum atomic E-state index is 13.8. The van der Waals surface area contributed by atoms with E-state index in [0.717, 1.165) is 107 Å². The molecule has 0 saturated heterocycles. The smallest absolute Gasteiger partial charge is 0.344 e. The molecule has 0 spiro atoms. The average molecular weight is 824 g/mol. The van der Waals surface area contributed by atoms with E-state index in [0.29, 0.717) is 11.1 Å². The lowest BCUT2D eigenvalue weighted by atomic mass is 9.69. The van der Waals surface area contributed by atoms with Crippen LogP contribution in [-0.4, -0.2) is 30.7 Å². The first-order chi connectivity index (χ1) is 29.4. The average Bonchev–Trinajstić information content (AvgIpc) is 3.62. The number of fused-ring (bicyclic) bond motifs is 4. The maximum Gasteiger partial charge on any atom is 0.344 e. The van der Waals surface area contributed by atoms with Gasteiger partial charge in [-0.05, 0) is 117 Å². The van der Waals surface area contributed by atoms with Crippen molar-refractivity contribution < 1.29 is 8.83 Å². The first-order valence-corrected chi connectivity index (χ1v) is 22.6. The predicted octanol–water partition coefficient (Wildman–Crippen LogP) is 12.2. The Hall–Kier alpha value is -5.82. The summed E-state index contributed by atoms with van der Waals surface area (Å²) in [6, 6.07) is 29.4. The van der Waals surface area contributed by atoms with Crippen molar-refractivity contribution in [3.05, 3.63) is 128 Å². The van der Waals surface area contributed by atoms with Crippen LogP contribution in [0.15, 0.2) is 103 Å². The van der Waals surface area contributed by atoms with Gasteiger partial charge in [0.2, 0.25) is 0 Å². The van der Waals surface area contributed by atoms with Crippen LogP contribution in [0.3, 0.4) is 0 Å². The number of nitrogens with zero attached hydrogens (tertiary/aromatic N) is 3. The molecule has 7 nitrogen and oxygen atoms in total. The van der Waals surface area contributed by atoms with Crippen LogP contribution >= 0.6 is 0 Å². The van der Waals surface area contributed by atoms with Gasteiger partial charge in [-0.15, -0.1) is 0 Å². The highest BCUT2D eigenvalue weighted by Gasteiger charge is 2.43. The second-order valence-electron chi connectivity index (χ2n) is 21.4. The summed E-state index contributed by atoms with van der Waals surface area (Å²) in [7, 11) is 2.08. The molecule has 0 amide bonds. The van der Waals surface area contributed by atoms with Gasteiger partial charge in [0.15, 0.2) is 0 Å². The van der Waals surface area contributed by atoms with Crippen molar-refractivity contribution in [3.63, 3.8) is 0 Å². The van der Waals surface area contributed by atoms with E-state index in [-0.39, 0.29) is 32.9 Å². The molecule has 0 fully saturated rings. The third kappa shape index (κ3) is 5.75. The van der Waals surface area contributed by atoms with E-state index in [1.165, 1.54) is 33.6 Å². The summed E-state index contributed by atoms with van der Waals surface area (Å²) in [6.45, 7) is 22.7. The predicted molar refractivity (Wildman–Crippen MR) is 254 cm³/mol. The highest BCUT2D eigenvalue weighted by atomic mass is 16.4. The van der Waals surface area contributed by atoms with E-state index in [2.05, 4.69) is 137 Å². The Bertz CT molecular complexity index is 2920. The van der Waals surface area contributed by atoms with Crippen molar-refractivity contribution in [2.45, 2.75) is 103 Å². The molecule has 0 atom stereocenters. The summed E-state index contributed by atoms with van der Waals surface area (Å²) in [5, 5.41) is 1.99. The Labute approximate surface area is 364 Å². The molecule has 316 valence electrons. The molecule has 7 aromatic rings. The van der Waals surface area contributed by atoms with Gasteiger partial charge in [0.25, 0.3) is 0 Å². The van der Waals surface area contributed by atoms with Crippen LogP contribution in [0.5, 0.6) is 0 Å². The van der Waals surface area contributed by atoms with Crippen molar-refractivity contribution >= 4 is 33.3 Å². The van der Waals surface area contributed by atoms with Crippen LogP contribution in [0.2, 0.25) is 0 Å². The first kappa shape index (κ1) is 39.1. The summed E-state index contributed by atoms with van der Waals surface area (Å²) in [5.74, 6) is 0. The van der Waals surface area contributed by atoms with E-state index in [1.807, 2.05) is 24.3 Å². The van der Waals surface area contributed by atoms with Gasteiger partial charge in [-0.2, -0.15) is 0 Å². The number of anilines is 2. The normalized spacial score (nSPS) is 19.1. The highest BCUT2D eigenvalue weighted by molar-refractivity contribution is 5.94. The molecule has 62 heavy (non-hydrogen) atoms. The summed E-state index contributed by atoms with van der Waals surface area (Å²) in [6.07, 6.45) is 4.26. The number of aromatic nitrogens is 1. The molecular formula is C55H57N3O4. The van der Waals surface area contributed by atoms with Crippen molar-refractivity contribution in [2.24, 2.45) is 7.05 Å². The minimum Gasteiger partial charge on any atom is -0.422 e. The molecule has 0 aliphatic carbocycles. The summed E-state index contributed by atoms with van der Waals surface area (Å²) in [5.41, 5.74) is 15.5. The Kier molecular flexibility index (Phi) is 8.25. The lowest BCUT2D eigenvalue weighted by Gasteiger charge is -2.48. The zero-order valence-electron chi connectivity index (χ0n) is 37.7. The Morgan fingerprint density at radius 2 is 0.790 bits per heavy atom. The monoisotopic (exact) mass is 823 g/mol. The molecule has 4 aromatic carbocycles. The molecule has 11 rings (SSSR count). The van der Waals surface area contributed by atoms with E-state index in [9.17, 15) is 9.59 Å². The van der Waals surface area contributed by atoms with E-state index in [4.69, 9.17) is 8.83 Å². The van der Waals surface area contributed by atoms with Crippen LogP contribution in [-0.2, 0) is 28.7 Å². The van der Waals surface area contributed by atoms with E-state index < -0.39 is 0 Å². The van der Waals surface area contributed by atoms with Gasteiger partial charge in [0.05, 0.1) is 11.1 Å². The number of hydrogen-bond donors (Lipinski definition) is 0. The summed E-state index contributed by atoms with van der Waals surface area (Å²) >= 11 is 0. The fourth-order valence-corrected chi connectivity index (χ4v) is 11.4. The largest absolute Gasteiger partial charge is 0.422 e. The summed E-state index contributed by atoms with van der Waals surface area (Å²) < 4.78 is 14.8. The van der Waals surface area contributed by atoms with Crippen LogP contribution < -0.4 is 21.1 Å². The van der Waals surface area contributed by atoms with Crippen molar-refractivity contribution in [2.75, 3.05) is 36.0 Å². The first-order valence-electron chi connectivity index (χ1n) is 22.6. The van der Waals surface area contributed by atoms with Crippen LogP contribution in [0.25, 0.3) is 66.7 Å². The van der Waals surface area contributed by atoms with Gasteiger partial charge >= 0.3 is 11.3 Å². The van der Waals surface area contributed by atoms with Crippen molar-refractivity contribution in [1.29, 1.82) is 0 Å². The number of benzene rings is 4. The topological polar surface area (TPSA) is 71.8 Å². The molecule has 3 aromatic heterocycles. The zero-order valence-corrected chi connectivity index (χ0v) is 37.7. The Morgan fingerprint density at radius 1 is 0.452 bits per heavy atom. The third-order valence-electron chi connectivity index (χ3n) is 15.6. The molecular weight excluding hydrogens is 767 g/mol. The minimum absolute atomic E-state index is 0.0395. The number of rotatable bonds is 4. The molecule has 0 unspecified atom stereocenters. The fraction of sp³-hybridized carbons (Fsp3) is 0.382. The lowest BCUT2D eigenvalue weighted by Crippen LogP contribution is -2.44. The molecule has 4 aliphatic rings. The molecule has 7 heterocycles. The number of hydrogen-bond acceptors (Lipinski definition) is 6. The molecule has 0 radical (unpaired) electrons. The molecule has 4 aliphatic heterocycles. The van der Waals surface area contributed by atoms with Crippen LogP contribution in [0, 0.1) is 0 Å². The molecule has 7 heteroatoms. The highest BCUT2D eigenvalue weighted by Crippen LogP contribution is 2.53. The summed E-state index contributed by atoms with van der Waals surface area (Å²) in [4.78, 5) is 32.6. The van der Waals surface area contributed by atoms with Crippen molar-refractivity contribution in [1.82, 2.24) is 4.57 Å². The second kappa shape index (κ2) is 13.1. The second-order valence-corrected chi connectivity index (χ2v) is 21.4. The van der Waals surface area contributed by atoms with Crippen molar-refractivity contribution in [3.8, 4) is 44.8 Å². The van der Waals surface area contributed by atoms with Crippen LogP contribution in [0.1, 0.15) is 103 Å². The van der Waals surface area contributed by atoms with Gasteiger partial charge in [-0.3, -0.25) is 0 Å². The fourth-order valence-electron chi connectivity index (χ4n) is 11.4. The lowest BCUT2D eigenvalue weighted by molar-refractivity contribution is 0.398. The zero-order chi connectivity index (χ0) is 43.2. The molecule has 0 bridgehead atoms. The van der Waals surface area contributed by atoms with Crippen LogP contribution in [0.4, 0.5) is 11.4 Å². The molecule has 0 N–H and O–H groups in total.